The third-order valence-electron chi connectivity index (χ3n) is 3.11. The SMILES string of the molecule is CN(C(=N)N)c1ccc(C(=O)Oc2ccc([N+](=O)[O-])cc2)cc1. The van der Waals surface area contributed by atoms with Gasteiger partial charge in [0, 0.05) is 24.9 Å². The van der Waals surface area contributed by atoms with E-state index >= 15 is 0 Å². The molecule has 8 heteroatoms. The number of esters is 1. The molecule has 0 aliphatic carbocycles. The third kappa shape index (κ3) is 3.82. The van der Waals surface area contributed by atoms with Crippen molar-refractivity contribution >= 4 is 23.3 Å². The summed E-state index contributed by atoms with van der Waals surface area (Å²) >= 11 is 0. The molecule has 0 aliphatic heterocycles. The van der Waals surface area contributed by atoms with Crippen LogP contribution < -0.4 is 15.4 Å². The zero-order chi connectivity index (χ0) is 17.0. The van der Waals surface area contributed by atoms with Gasteiger partial charge in [0.1, 0.15) is 5.75 Å². The summed E-state index contributed by atoms with van der Waals surface area (Å²) in [5.74, 6) is -0.493. The monoisotopic (exact) mass is 314 g/mol. The van der Waals surface area contributed by atoms with Crippen molar-refractivity contribution in [1.29, 1.82) is 5.41 Å². The van der Waals surface area contributed by atoms with Crippen LogP contribution in [0.25, 0.3) is 0 Å². The van der Waals surface area contributed by atoms with E-state index in [0.717, 1.165) is 0 Å². The summed E-state index contributed by atoms with van der Waals surface area (Å²) in [6.07, 6.45) is 0. The minimum absolute atomic E-state index is 0.0820. The predicted molar refractivity (Wildman–Crippen MR) is 84.8 cm³/mol. The number of nitro groups is 1. The van der Waals surface area contributed by atoms with E-state index < -0.39 is 10.9 Å². The summed E-state index contributed by atoms with van der Waals surface area (Å²) in [6.45, 7) is 0. The molecule has 2 aromatic rings. The quantitative estimate of drug-likeness (QED) is 0.222. The molecular formula is C15H14N4O4. The number of carbonyl (C=O) groups excluding carboxylic acids is 1. The first-order valence-electron chi connectivity index (χ1n) is 6.53. The lowest BCUT2D eigenvalue weighted by molar-refractivity contribution is -0.384. The van der Waals surface area contributed by atoms with Crippen molar-refractivity contribution in [2.24, 2.45) is 5.73 Å². The Morgan fingerprint density at radius 2 is 1.74 bits per heavy atom. The van der Waals surface area contributed by atoms with Crippen LogP contribution >= 0.6 is 0 Å². The first kappa shape index (κ1) is 16.0. The van der Waals surface area contributed by atoms with Crippen molar-refractivity contribution < 1.29 is 14.5 Å². The van der Waals surface area contributed by atoms with Gasteiger partial charge in [-0.1, -0.05) is 0 Å². The van der Waals surface area contributed by atoms with Crippen LogP contribution in [0.4, 0.5) is 11.4 Å². The molecule has 0 heterocycles. The number of nitrogens with zero attached hydrogens (tertiary/aromatic N) is 2. The number of ether oxygens (including phenoxy) is 1. The van der Waals surface area contributed by atoms with E-state index in [-0.39, 0.29) is 17.4 Å². The number of nitrogens with two attached hydrogens (primary N) is 1. The minimum Gasteiger partial charge on any atom is -0.423 e. The van der Waals surface area contributed by atoms with Crippen molar-refractivity contribution in [2.75, 3.05) is 11.9 Å². The average Bonchev–Trinajstić information content (AvgIpc) is 2.54. The highest BCUT2D eigenvalue weighted by Crippen LogP contribution is 2.19. The molecule has 0 radical (unpaired) electrons. The standard InChI is InChI=1S/C15H14N4O4/c1-18(15(16)17)11-4-2-10(3-5-11)14(20)23-13-8-6-12(7-9-13)19(21)22/h2-9H,1H3,(H3,16,17). The molecule has 0 amide bonds. The average molecular weight is 314 g/mol. The molecular weight excluding hydrogens is 300 g/mol. The lowest BCUT2D eigenvalue weighted by atomic mass is 10.2. The third-order valence-corrected chi connectivity index (χ3v) is 3.11. The maximum Gasteiger partial charge on any atom is 0.343 e. The second-order valence-electron chi connectivity index (χ2n) is 4.63. The number of nitro benzene ring substituents is 1. The largest absolute Gasteiger partial charge is 0.423 e. The molecule has 0 aromatic heterocycles. The van der Waals surface area contributed by atoms with Gasteiger partial charge in [-0.15, -0.1) is 0 Å². The van der Waals surface area contributed by atoms with Gasteiger partial charge >= 0.3 is 5.97 Å². The zero-order valence-corrected chi connectivity index (χ0v) is 12.2. The van der Waals surface area contributed by atoms with Crippen molar-refractivity contribution in [3.63, 3.8) is 0 Å². The number of anilines is 1. The molecule has 0 bridgehead atoms. The fourth-order valence-corrected chi connectivity index (χ4v) is 1.76. The topological polar surface area (TPSA) is 123 Å². The van der Waals surface area contributed by atoms with E-state index in [1.54, 1.807) is 31.3 Å². The van der Waals surface area contributed by atoms with Crippen LogP contribution in [0.1, 0.15) is 10.4 Å². The van der Waals surface area contributed by atoms with Gasteiger partial charge in [-0.3, -0.25) is 15.5 Å². The Hall–Kier alpha value is -3.42. The van der Waals surface area contributed by atoms with Crippen LogP contribution in [-0.4, -0.2) is 23.9 Å². The Morgan fingerprint density at radius 1 is 1.17 bits per heavy atom. The van der Waals surface area contributed by atoms with E-state index in [9.17, 15) is 14.9 Å². The number of guanidine groups is 1. The summed E-state index contributed by atoms with van der Waals surface area (Å²) in [5.41, 5.74) is 6.26. The van der Waals surface area contributed by atoms with E-state index in [4.69, 9.17) is 15.9 Å². The van der Waals surface area contributed by atoms with Crippen LogP contribution in [0.15, 0.2) is 48.5 Å². The first-order chi connectivity index (χ1) is 10.9. The number of non-ortho nitro benzene ring substituents is 1. The highest BCUT2D eigenvalue weighted by molar-refractivity contribution is 5.94. The molecule has 0 fully saturated rings. The summed E-state index contributed by atoms with van der Waals surface area (Å²) in [5, 5.41) is 17.9. The Morgan fingerprint density at radius 3 is 2.22 bits per heavy atom. The zero-order valence-electron chi connectivity index (χ0n) is 12.2. The minimum atomic E-state index is -0.587. The molecule has 0 saturated heterocycles. The highest BCUT2D eigenvalue weighted by atomic mass is 16.6. The predicted octanol–water partition coefficient (Wildman–Crippen LogP) is 2.14. The van der Waals surface area contributed by atoms with Gasteiger partial charge in [-0.25, -0.2) is 4.79 Å². The Labute approximate surface area is 131 Å². The van der Waals surface area contributed by atoms with Crippen molar-refractivity contribution in [3.8, 4) is 5.75 Å². The Kier molecular flexibility index (Phi) is 4.55. The van der Waals surface area contributed by atoms with Gasteiger partial charge in [0.2, 0.25) is 0 Å². The van der Waals surface area contributed by atoms with Gasteiger partial charge in [-0.2, -0.15) is 0 Å². The van der Waals surface area contributed by atoms with Crippen molar-refractivity contribution in [1.82, 2.24) is 0 Å². The molecule has 0 unspecified atom stereocenters. The summed E-state index contributed by atoms with van der Waals surface area (Å²) < 4.78 is 5.14. The molecule has 0 aliphatic rings. The smallest absolute Gasteiger partial charge is 0.343 e. The van der Waals surface area contributed by atoms with Gasteiger partial charge in [-0.05, 0) is 36.4 Å². The lowest BCUT2D eigenvalue weighted by Gasteiger charge is -2.16. The fraction of sp³-hybridized carbons (Fsp3) is 0.0667. The second-order valence-corrected chi connectivity index (χ2v) is 4.63. The summed E-state index contributed by atoms with van der Waals surface area (Å²) in [4.78, 5) is 23.5. The number of carbonyl (C=O) groups is 1. The second kappa shape index (κ2) is 6.56. The van der Waals surface area contributed by atoms with E-state index in [2.05, 4.69) is 0 Å². The van der Waals surface area contributed by atoms with Gasteiger partial charge in [0.15, 0.2) is 5.96 Å². The van der Waals surface area contributed by atoms with Crippen LogP contribution in [0.5, 0.6) is 5.75 Å². The molecule has 23 heavy (non-hydrogen) atoms. The van der Waals surface area contributed by atoms with E-state index in [1.165, 1.54) is 29.2 Å². The maximum atomic E-state index is 12.0. The van der Waals surface area contributed by atoms with Gasteiger partial charge in [0.25, 0.3) is 5.69 Å². The lowest BCUT2D eigenvalue weighted by Crippen LogP contribution is -2.32. The van der Waals surface area contributed by atoms with Crippen LogP contribution in [0.2, 0.25) is 0 Å². The molecule has 118 valence electrons. The van der Waals surface area contributed by atoms with E-state index in [1.807, 2.05) is 0 Å². The van der Waals surface area contributed by atoms with Crippen LogP contribution in [0, 0.1) is 15.5 Å². The molecule has 8 nitrogen and oxygen atoms in total. The van der Waals surface area contributed by atoms with Crippen molar-refractivity contribution in [2.45, 2.75) is 0 Å². The molecule has 2 rings (SSSR count). The summed E-state index contributed by atoms with van der Waals surface area (Å²) in [6, 6.07) is 11.6. The number of benzene rings is 2. The number of nitrogens with one attached hydrogen (secondary N) is 1. The Bertz CT molecular complexity index is 741. The number of hydrogen-bond acceptors (Lipinski definition) is 5. The van der Waals surface area contributed by atoms with Crippen LogP contribution in [0.3, 0.4) is 0 Å². The molecule has 0 spiro atoms. The normalized spacial score (nSPS) is 9.96. The van der Waals surface area contributed by atoms with Gasteiger partial charge < -0.3 is 15.4 Å². The van der Waals surface area contributed by atoms with Gasteiger partial charge in [0.05, 0.1) is 10.5 Å². The van der Waals surface area contributed by atoms with Crippen LogP contribution in [-0.2, 0) is 0 Å². The molecule has 0 atom stereocenters. The number of hydrogen-bond donors (Lipinski definition) is 2. The Balaban J connectivity index is 2.08. The maximum absolute atomic E-state index is 12.0. The molecule has 0 saturated carbocycles. The fourth-order valence-electron chi connectivity index (χ4n) is 1.76. The van der Waals surface area contributed by atoms with Crippen molar-refractivity contribution in [3.05, 3.63) is 64.2 Å². The first-order valence-corrected chi connectivity index (χ1v) is 6.53. The molecule has 2 aromatic carbocycles. The van der Waals surface area contributed by atoms with E-state index in [0.29, 0.717) is 11.3 Å². The number of rotatable bonds is 4. The summed E-state index contributed by atoms with van der Waals surface area (Å²) in [7, 11) is 1.63. The molecule has 3 N–H and O–H groups in total. The highest BCUT2D eigenvalue weighted by Gasteiger charge is 2.11.